The van der Waals surface area contributed by atoms with Gasteiger partial charge in [0.25, 0.3) is 0 Å². The second-order valence-electron chi connectivity index (χ2n) is 5.32. The fourth-order valence-electron chi connectivity index (χ4n) is 3.02. The summed E-state index contributed by atoms with van der Waals surface area (Å²) in [4.78, 5) is 0. The van der Waals surface area contributed by atoms with Crippen molar-refractivity contribution in [2.45, 2.75) is 25.8 Å². The largest absolute Gasteiger partial charge is 0.313 e. The lowest BCUT2D eigenvalue weighted by Crippen LogP contribution is -2.38. The van der Waals surface area contributed by atoms with Crippen LogP contribution in [0.3, 0.4) is 0 Å². The fourth-order valence-corrected chi connectivity index (χ4v) is 3.51. The molecule has 0 spiro atoms. The number of hydrogen-bond donors (Lipinski definition) is 1. The van der Waals surface area contributed by atoms with Crippen molar-refractivity contribution in [1.29, 1.82) is 0 Å². The highest BCUT2D eigenvalue weighted by molar-refractivity contribution is 7.90. The van der Waals surface area contributed by atoms with Crippen LogP contribution in [-0.2, 0) is 9.84 Å². The van der Waals surface area contributed by atoms with Gasteiger partial charge in [-0.15, -0.1) is 0 Å². The first kappa shape index (κ1) is 12.1. The van der Waals surface area contributed by atoms with Crippen molar-refractivity contribution in [2.75, 3.05) is 18.6 Å². The Hall–Kier alpha value is -0.350. The van der Waals surface area contributed by atoms with Crippen LogP contribution in [-0.4, -0.2) is 33.0 Å². The summed E-state index contributed by atoms with van der Waals surface area (Å²) < 4.78 is 22.0. The van der Waals surface area contributed by atoms with E-state index in [-0.39, 0.29) is 5.75 Å². The molecule has 1 saturated carbocycles. The summed E-state index contributed by atoms with van der Waals surface area (Å²) in [7, 11) is -2.83. The van der Waals surface area contributed by atoms with Crippen molar-refractivity contribution in [3.63, 3.8) is 0 Å². The third-order valence-corrected chi connectivity index (χ3v) is 4.86. The topological polar surface area (TPSA) is 46.2 Å². The van der Waals surface area contributed by atoms with E-state index in [1.165, 1.54) is 19.1 Å². The molecule has 3 nitrogen and oxygen atoms in total. The van der Waals surface area contributed by atoms with Gasteiger partial charge in [0.2, 0.25) is 0 Å². The maximum absolute atomic E-state index is 11.0. The Morgan fingerprint density at radius 3 is 2.62 bits per heavy atom. The zero-order valence-electron chi connectivity index (χ0n) is 10.0. The number of nitrogens with one attached hydrogen (secondary N) is 1. The number of allylic oxidation sites excluding steroid dienone is 2. The van der Waals surface area contributed by atoms with Crippen molar-refractivity contribution in [3.8, 4) is 0 Å². The molecule has 4 heteroatoms. The zero-order valence-corrected chi connectivity index (χ0v) is 10.8. The maximum atomic E-state index is 11.0. The van der Waals surface area contributed by atoms with Crippen LogP contribution in [0.15, 0.2) is 12.2 Å². The molecule has 0 aromatic rings. The molecule has 1 N–H and O–H groups in total. The summed E-state index contributed by atoms with van der Waals surface area (Å²) in [5.74, 6) is 2.46. The Bertz CT molecular complexity index is 374. The van der Waals surface area contributed by atoms with Crippen molar-refractivity contribution in [1.82, 2.24) is 5.32 Å². The Morgan fingerprint density at radius 1 is 1.38 bits per heavy atom. The molecule has 4 atom stereocenters. The van der Waals surface area contributed by atoms with Gasteiger partial charge in [0.1, 0.15) is 9.84 Å². The van der Waals surface area contributed by atoms with Crippen molar-refractivity contribution in [3.05, 3.63) is 12.2 Å². The third-order valence-electron chi connectivity index (χ3n) is 3.91. The monoisotopic (exact) mass is 243 g/mol. The van der Waals surface area contributed by atoms with E-state index >= 15 is 0 Å². The van der Waals surface area contributed by atoms with Gasteiger partial charge in [0.15, 0.2) is 0 Å². The van der Waals surface area contributed by atoms with E-state index in [0.717, 1.165) is 11.8 Å². The molecule has 2 aliphatic rings. The van der Waals surface area contributed by atoms with Gasteiger partial charge in [0.05, 0.1) is 5.75 Å². The molecule has 16 heavy (non-hydrogen) atoms. The highest BCUT2D eigenvalue weighted by Gasteiger charge is 2.38. The summed E-state index contributed by atoms with van der Waals surface area (Å²) in [6.07, 6.45) is 8.55. The fraction of sp³-hybridized carbons (Fsp3) is 0.833. The predicted molar refractivity (Wildman–Crippen MR) is 66.0 cm³/mol. The lowest BCUT2D eigenvalue weighted by molar-refractivity contribution is 0.333. The average molecular weight is 243 g/mol. The molecule has 0 amide bonds. The van der Waals surface area contributed by atoms with E-state index in [1.807, 2.05) is 0 Å². The second kappa shape index (κ2) is 4.49. The summed E-state index contributed by atoms with van der Waals surface area (Å²) in [5.41, 5.74) is 0. The predicted octanol–water partition coefficient (Wildman–Crippen LogP) is 1.22. The minimum absolute atomic E-state index is 0.244. The molecule has 0 aromatic heterocycles. The molecule has 4 unspecified atom stereocenters. The number of hydrogen-bond acceptors (Lipinski definition) is 3. The summed E-state index contributed by atoms with van der Waals surface area (Å²) in [6.45, 7) is 2.76. The second-order valence-corrected chi connectivity index (χ2v) is 7.58. The molecule has 2 bridgehead atoms. The Kier molecular flexibility index (Phi) is 3.40. The molecule has 2 aliphatic carbocycles. The molecule has 0 aliphatic heterocycles. The molecular formula is C12H21NO2S. The molecule has 0 radical (unpaired) electrons. The smallest absolute Gasteiger partial charge is 0.148 e. The van der Waals surface area contributed by atoms with E-state index in [1.54, 1.807) is 0 Å². The van der Waals surface area contributed by atoms with E-state index in [9.17, 15) is 8.42 Å². The lowest BCUT2D eigenvalue weighted by atomic mass is 9.87. The van der Waals surface area contributed by atoms with Crippen molar-refractivity contribution in [2.24, 2.45) is 17.8 Å². The molecular weight excluding hydrogens is 222 g/mol. The van der Waals surface area contributed by atoms with Crippen LogP contribution in [0.4, 0.5) is 0 Å². The first-order valence-electron chi connectivity index (χ1n) is 6.05. The summed E-state index contributed by atoms with van der Waals surface area (Å²) >= 11 is 0. The lowest BCUT2D eigenvalue weighted by Gasteiger charge is -2.26. The van der Waals surface area contributed by atoms with E-state index in [0.29, 0.717) is 18.5 Å². The zero-order chi connectivity index (χ0) is 11.8. The van der Waals surface area contributed by atoms with Crippen LogP contribution in [0.5, 0.6) is 0 Å². The summed E-state index contributed by atoms with van der Waals surface area (Å²) in [5, 5.41) is 3.35. The standard InChI is InChI=1S/C12H21NO2S/c1-9(13-5-6-16(2,14)15)12-8-10-3-4-11(12)7-10/h3-4,9-13H,5-8H2,1-2H3. The Balaban J connectivity index is 1.77. The Labute approximate surface area is 98.2 Å². The van der Waals surface area contributed by atoms with Gasteiger partial charge >= 0.3 is 0 Å². The third kappa shape index (κ3) is 2.86. The van der Waals surface area contributed by atoms with Crippen LogP contribution in [0.1, 0.15) is 19.8 Å². The van der Waals surface area contributed by atoms with Crippen LogP contribution < -0.4 is 5.32 Å². The normalized spacial score (nSPS) is 34.5. The van der Waals surface area contributed by atoms with Gasteiger partial charge in [-0.25, -0.2) is 8.42 Å². The first-order chi connectivity index (χ1) is 7.46. The molecule has 0 aromatic carbocycles. The van der Waals surface area contributed by atoms with Gasteiger partial charge in [0, 0.05) is 18.8 Å². The van der Waals surface area contributed by atoms with E-state index < -0.39 is 9.84 Å². The first-order valence-corrected chi connectivity index (χ1v) is 8.11. The van der Waals surface area contributed by atoms with Crippen molar-refractivity contribution < 1.29 is 8.42 Å². The minimum atomic E-state index is -2.83. The van der Waals surface area contributed by atoms with Gasteiger partial charge in [-0.05, 0) is 37.5 Å². The average Bonchev–Trinajstić information content (AvgIpc) is 2.76. The molecule has 0 saturated heterocycles. The number of fused-ring (bicyclic) bond motifs is 2. The SMILES string of the molecule is CC(NCCS(C)(=O)=O)C1CC2C=CC1C2. The molecule has 2 rings (SSSR count). The van der Waals surface area contributed by atoms with Crippen LogP contribution in [0.25, 0.3) is 0 Å². The van der Waals surface area contributed by atoms with Gasteiger partial charge in [-0.3, -0.25) is 0 Å². The molecule has 1 fully saturated rings. The number of rotatable bonds is 5. The Morgan fingerprint density at radius 2 is 2.12 bits per heavy atom. The highest BCUT2D eigenvalue weighted by Crippen LogP contribution is 2.44. The number of sulfone groups is 1. The van der Waals surface area contributed by atoms with Crippen LogP contribution in [0.2, 0.25) is 0 Å². The van der Waals surface area contributed by atoms with Crippen molar-refractivity contribution >= 4 is 9.84 Å². The van der Waals surface area contributed by atoms with E-state index in [2.05, 4.69) is 24.4 Å². The molecule has 0 heterocycles. The van der Waals surface area contributed by atoms with Crippen LogP contribution in [0, 0.1) is 17.8 Å². The maximum Gasteiger partial charge on any atom is 0.148 e. The minimum Gasteiger partial charge on any atom is -0.313 e. The van der Waals surface area contributed by atoms with Gasteiger partial charge < -0.3 is 5.32 Å². The highest BCUT2D eigenvalue weighted by atomic mass is 32.2. The summed E-state index contributed by atoms with van der Waals surface area (Å²) in [6, 6.07) is 0.432. The van der Waals surface area contributed by atoms with Crippen LogP contribution >= 0.6 is 0 Å². The van der Waals surface area contributed by atoms with E-state index in [4.69, 9.17) is 0 Å². The van der Waals surface area contributed by atoms with Gasteiger partial charge in [-0.2, -0.15) is 0 Å². The quantitative estimate of drug-likeness (QED) is 0.739. The molecule has 92 valence electrons. The van der Waals surface area contributed by atoms with Gasteiger partial charge in [-0.1, -0.05) is 12.2 Å².